The van der Waals surface area contributed by atoms with E-state index in [0.29, 0.717) is 18.6 Å². The number of nitrogens with zero attached hydrogens (tertiary/aromatic N) is 1. The average Bonchev–Trinajstić information content (AvgIpc) is 2.84. The van der Waals surface area contributed by atoms with Crippen LogP contribution in [0.25, 0.3) is 0 Å². The lowest BCUT2D eigenvalue weighted by atomic mass is 9.84. The zero-order chi connectivity index (χ0) is 29.0. The van der Waals surface area contributed by atoms with Crippen molar-refractivity contribution in [2.75, 3.05) is 0 Å². The molecule has 39 heavy (non-hydrogen) atoms. The van der Waals surface area contributed by atoms with Gasteiger partial charge < -0.3 is 15.4 Å². The van der Waals surface area contributed by atoms with Gasteiger partial charge in [-0.25, -0.2) is 9.18 Å². The topological polar surface area (TPSA) is 63.2 Å². The van der Waals surface area contributed by atoms with Gasteiger partial charge in [0.05, 0.1) is 22.7 Å². The fourth-order valence-corrected chi connectivity index (χ4v) is 3.72. The van der Waals surface area contributed by atoms with Crippen LogP contribution in [0, 0.1) is 5.82 Å². The molecule has 2 aromatic carbocycles. The molecule has 0 fully saturated rings. The maximum atomic E-state index is 14.6. The quantitative estimate of drug-likeness (QED) is 0.262. The van der Waals surface area contributed by atoms with Crippen molar-refractivity contribution in [3.05, 3.63) is 94.5 Å². The number of carbonyl (C=O) groups is 1. The minimum atomic E-state index is -4.98. The monoisotopic (exact) mass is 581 g/mol. The van der Waals surface area contributed by atoms with Crippen molar-refractivity contribution in [1.82, 2.24) is 15.6 Å². The first-order valence-corrected chi connectivity index (χ1v) is 11.5. The second-order valence-corrected chi connectivity index (χ2v) is 8.77. The Morgan fingerprint density at radius 1 is 0.949 bits per heavy atom. The zero-order valence-electron chi connectivity index (χ0n) is 19.8. The molecule has 5 nitrogen and oxygen atoms in total. The summed E-state index contributed by atoms with van der Waals surface area (Å²) in [6.07, 6.45) is -12.8. The van der Waals surface area contributed by atoms with Gasteiger partial charge in [-0.1, -0.05) is 41.9 Å². The number of pyridine rings is 1. The summed E-state index contributed by atoms with van der Waals surface area (Å²) in [7, 11) is 0. The fraction of sp³-hybridized carbons (Fsp3) is 0.280. The number of amides is 2. The molecule has 3 aromatic rings. The maximum absolute atomic E-state index is 14.6. The number of aromatic nitrogens is 1. The number of carbonyl (C=O) groups excluding carboxylic acids is 1. The molecule has 1 aromatic heterocycles. The van der Waals surface area contributed by atoms with Gasteiger partial charge >= 0.3 is 24.7 Å². The average molecular weight is 582 g/mol. The first kappa shape index (κ1) is 29.9. The highest BCUT2D eigenvalue weighted by Crippen LogP contribution is 2.39. The number of halogens is 9. The van der Waals surface area contributed by atoms with E-state index in [0.717, 1.165) is 12.1 Å². The van der Waals surface area contributed by atoms with Gasteiger partial charge in [0, 0.05) is 12.3 Å². The normalized spacial score (nSPS) is 14.4. The van der Waals surface area contributed by atoms with Gasteiger partial charge in [0.2, 0.25) is 0 Å². The standard InChI is InChI=1S/C25H20ClF8N3O2/c1-13(24(30,31)32)36-23(38)37-21(15-9-17(27)11-18(10-15)39-25(33,34)22(28)29)20(14-5-3-2-4-6-14)19-8-7-16(26)12-35-19/h2-13,20-22H,1H3,(H2,36,37,38)/t13-,20?,21-/m1/s1. The van der Waals surface area contributed by atoms with Crippen LogP contribution in [0.15, 0.2) is 66.9 Å². The largest absolute Gasteiger partial charge is 0.461 e. The number of ether oxygens (including phenoxy) is 1. The summed E-state index contributed by atoms with van der Waals surface area (Å²) in [5.74, 6) is -3.28. The van der Waals surface area contributed by atoms with E-state index in [9.17, 15) is 39.9 Å². The highest BCUT2D eigenvalue weighted by atomic mass is 35.5. The van der Waals surface area contributed by atoms with Crippen molar-refractivity contribution < 1.29 is 44.7 Å². The van der Waals surface area contributed by atoms with E-state index >= 15 is 0 Å². The van der Waals surface area contributed by atoms with Crippen LogP contribution in [0.3, 0.4) is 0 Å². The number of benzene rings is 2. The Morgan fingerprint density at radius 2 is 1.62 bits per heavy atom. The van der Waals surface area contributed by atoms with Crippen molar-refractivity contribution in [3.63, 3.8) is 0 Å². The van der Waals surface area contributed by atoms with Crippen LogP contribution in [0.1, 0.15) is 35.7 Å². The summed E-state index contributed by atoms with van der Waals surface area (Å²) in [5, 5.41) is 4.24. The Kier molecular flexibility index (Phi) is 9.26. The Morgan fingerprint density at radius 3 is 2.18 bits per heavy atom. The van der Waals surface area contributed by atoms with E-state index in [1.54, 1.807) is 35.6 Å². The van der Waals surface area contributed by atoms with Crippen molar-refractivity contribution in [2.24, 2.45) is 0 Å². The molecule has 2 N–H and O–H groups in total. The second-order valence-electron chi connectivity index (χ2n) is 8.33. The fourth-order valence-electron chi connectivity index (χ4n) is 3.61. The molecule has 14 heteroatoms. The van der Waals surface area contributed by atoms with E-state index < -0.39 is 54.3 Å². The van der Waals surface area contributed by atoms with Crippen LogP contribution < -0.4 is 15.4 Å². The van der Waals surface area contributed by atoms with Gasteiger partial charge in [0.25, 0.3) is 0 Å². The third-order valence-corrected chi connectivity index (χ3v) is 5.67. The highest BCUT2D eigenvalue weighted by molar-refractivity contribution is 6.30. The number of nitrogens with one attached hydrogen (secondary N) is 2. The van der Waals surface area contributed by atoms with Crippen LogP contribution >= 0.6 is 11.6 Å². The maximum Gasteiger partial charge on any atom is 0.461 e. The Labute approximate surface area is 222 Å². The highest BCUT2D eigenvalue weighted by Gasteiger charge is 2.44. The zero-order valence-corrected chi connectivity index (χ0v) is 20.6. The van der Waals surface area contributed by atoms with E-state index in [2.05, 4.69) is 15.0 Å². The molecule has 1 unspecified atom stereocenters. The van der Waals surface area contributed by atoms with Gasteiger partial charge in [-0.15, -0.1) is 0 Å². The molecule has 3 atom stereocenters. The molecule has 0 aliphatic rings. The van der Waals surface area contributed by atoms with Crippen LogP contribution in [-0.4, -0.2) is 35.8 Å². The predicted molar refractivity (Wildman–Crippen MR) is 125 cm³/mol. The summed E-state index contributed by atoms with van der Waals surface area (Å²) in [6.45, 7) is 0.685. The lowest BCUT2D eigenvalue weighted by Crippen LogP contribution is -2.49. The smallest absolute Gasteiger partial charge is 0.428 e. The third kappa shape index (κ3) is 7.94. The molecule has 0 bridgehead atoms. The van der Waals surface area contributed by atoms with Crippen LogP contribution in [0.5, 0.6) is 5.75 Å². The van der Waals surface area contributed by atoms with Crippen LogP contribution in [-0.2, 0) is 0 Å². The van der Waals surface area contributed by atoms with E-state index in [1.807, 2.05) is 0 Å². The van der Waals surface area contributed by atoms with Crippen LogP contribution in [0.2, 0.25) is 5.02 Å². The molecule has 0 aliphatic heterocycles. The summed E-state index contributed by atoms with van der Waals surface area (Å²) < 4.78 is 110. The second kappa shape index (κ2) is 12.1. The lowest BCUT2D eigenvalue weighted by molar-refractivity contribution is -0.253. The third-order valence-electron chi connectivity index (χ3n) is 5.45. The number of hydrogen-bond acceptors (Lipinski definition) is 3. The summed E-state index contributed by atoms with van der Waals surface area (Å²) in [6, 6.07) is 7.74. The first-order chi connectivity index (χ1) is 18.2. The van der Waals surface area contributed by atoms with E-state index in [-0.39, 0.29) is 16.3 Å². The molecule has 0 aliphatic carbocycles. The van der Waals surface area contributed by atoms with Crippen LogP contribution in [0.4, 0.5) is 39.9 Å². The Hall–Kier alpha value is -3.61. The molecule has 0 radical (unpaired) electrons. The minimum absolute atomic E-state index is 0.199. The van der Waals surface area contributed by atoms with Crippen molar-refractivity contribution in [3.8, 4) is 5.75 Å². The van der Waals surface area contributed by atoms with Gasteiger partial charge in [0.1, 0.15) is 17.6 Å². The summed E-state index contributed by atoms with van der Waals surface area (Å²) in [5.41, 5.74) is 0.325. The summed E-state index contributed by atoms with van der Waals surface area (Å²) >= 11 is 5.92. The molecule has 0 spiro atoms. The predicted octanol–water partition coefficient (Wildman–Crippen LogP) is 7.23. The number of alkyl halides is 7. The molecule has 0 saturated heterocycles. The van der Waals surface area contributed by atoms with Crippen molar-refractivity contribution >= 4 is 17.6 Å². The molecule has 0 saturated carbocycles. The number of urea groups is 1. The van der Waals surface area contributed by atoms with Gasteiger partial charge in [-0.2, -0.15) is 30.7 Å². The van der Waals surface area contributed by atoms with Crippen molar-refractivity contribution in [1.29, 1.82) is 0 Å². The van der Waals surface area contributed by atoms with Gasteiger partial charge in [0.15, 0.2) is 0 Å². The molecule has 210 valence electrons. The lowest BCUT2D eigenvalue weighted by Gasteiger charge is -2.30. The molecular formula is C25H20ClF8N3O2. The minimum Gasteiger partial charge on any atom is -0.428 e. The molecule has 2 amide bonds. The summed E-state index contributed by atoms with van der Waals surface area (Å²) in [4.78, 5) is 16.9. The number of rotatable bonds is 9. The first-order valence-electron chi connectivity index (χ1n) is 11.1. The van der Waals surface area contributed by atoms with Crippen molar-refractivity contribution in [2.45, 2.75) is 43.6 Å². The molecule has 3 rings (SSSR count). The Bertz CT molecular complexity index is 1260. The van der Waals surface area contributed by atoms with E-state index in [1.165, 1.54) is 18.3 Å². The number of hydrogen-bond donors (Lipinski definition) is 2. The Balaban J connectivity index is 2.15. The van der Waals surface area contributed by atoms with E-state index in [4.69, 9.17) is 11.6 Å². The van der Waals surface area contributed by atoms with Gasteiger partial charge in [-0.05, 0) is 42.3 Å². The molecular weight excluding hydrogens is 562 g/mol. The van der Waals surface area contributed by atoms with Gasteiger partial charge in [-0.3, -0.25) is 4.98 Å². The SMILES string of the molecule is C[C@@H](NC(=O)N[C@H](c1cc(F)cc(OC(F)(F)C(F)F)c1)C(c1ccccc1)c1ccc(Cl)cn1)C(F)(F)F. The molecule has 1 heterocycles.